The molecule has 0 aliphatic carbocycles. The SMILES string of the molecule is CC(C)[C@H](C)C(=O)N1CCC(F)(CCC2c3c(F)cccc3-c3cncn32)CC1.CC(C)[C@H](N)C(=O)N1CCC(F)(CCC2c3c(F)cccc3-c3cncn32)CC1.CC(C)[C@H](NC(=O)OC(C)(C)C)C(=O)O.Fc1cccc2c1C(CCC1(F)CCNCC1)n1cncc1-2. The Balaban J connectivity index is 0.000000153. The lowest BCUT2D eigenvalue weighted by Crippen LogP contribution is -2.51. The van der Waals surface area contributed by atoms with Gasteiger partial charge in [-0.1, -0.05) is 84.9 Å². The Labute approximate surface area is 554 Å². The van der Waals surface area contributed by atoms with Crippen molar-refractivity contribution in [3.05, 3.63) is 126 Å². The highest BCUT2D eigenvalue weighted by molar-refractivity contribution is 5.82. The van der Waals surface area contributed by atoms with Gasteiger partial charge in [0.05, 0.1) is 78.8 Å². The van der Waals surface area contributed by atoms with Crippen LogP contribution in [0.15, 0.2) is 92.2 Å². The van der Waals surface area contributed by atoms with E-state index in [0.717, 1.165) is 46.9 Å². The quantitative estimate of drug-likeness (QED) is 0.0670. The molecule has 6 aliphatic rings. The molecule has 0 bridgehead atoms. The molecule has 6 atom stereocenters. The summed E-state index contributed by atoms with van der Waals surface area (Å²) in [5.41, 5.74) is 8.79. The lowest BCUT2D eigenvalue weighted by atomic mass is 9.85. The Morgan fingerprint density at radius 2 is 0.937 bits per heavy atom. The van der Waals surface area contributed by atoms with E-state index in [1.165, 1.54) is 18.2 Å². The fourth-order valence-electron chi connectivity index (χ4n) is 13.9. The number of halogens is 6. The van der Waals surface area contributed by atoms with Crippen molar-refractivity contribution in [1.29, 1.82) is 0 Å². The average Bonchev–Trinajstić information content (AvgIpc) is 1.62. The monoisotopic (exact) mass is 1320 g/mol. The Morgan fingerprint density at radius 3 is 1.26 bits per heavy atom. The number of benzene rings is 3. The van der Waals surface area contributed by atoms with Crippen molar-refractivity contribution in [3.63, 3.8) is 0 Å². The van der Waals surface area contributed by atoms with Gasteiger partial charge in [0.1, 0.15) is 46.1 Å². The number of nitrogens with one attached hydrogen (secondary N) is 2. The predicted molar refractivity (Wildman–Crippen MR) is 353 cm³/mol. The fraction of sp³-hybridized carbons (Fsp3) is 0.569. The van der Waals surface area contributed by atoms with Crippen LogP contribution in [0.3, 0.4) is 0 Å². The van der Waals surface area contributed by atoms with Crippen molar-refractivity contribution in [1.82, 2.24) is 49.1 Å². The van der Waals surface area contributed by atoms with Crippen molar-refractivity contribution < 1.29 is 55.4 Å². The van der Waals surface area contributed by atoms with E-state index in [-0.39, 0.29) is 83.9 Å². The number of rotatable bonds is 16. The molecular weight excluding hydrogens is 1230 g/mol. The Hall–Kier alpha value is -7.53. The number of hydrogen-bond acceptors (Lipinski definition) is 10. The van der Waals surface area contributed by atoms with Gasteiger partial charge in [0, 0.05) is 65.5 Å². The molecule has 3 fully saturated rings. The number of nitrogens with two attached hydrogens (primary N) is 1. The van der Waals surface area contributed by atoms with Crippen LogP contribution >= 0.6 is 0 Å². The van der Waals surface area contributed by atoms with Crippen LogP contribution in [0.2, 0.25) is 0 Å². The summed E-state index contributed by atoms with van der Waals surface area (Å²) in [6.45, 7) is 21.6. The van der Waals surface area contributed by atoms with E-state index in [1.54, 1.807) is 100 Å². The number of carbonyl (C=O) groups excluding carboxylic acids is 3. The summed E-state index contributed by atoms with van der Waals surface area (Å²) in [4.78, 5) is 63.1. The number of ether oxygens (including phenoxy) is 1. The van der Waals surface area contributed by atoms with E-state index in [1.807, 2.05) is 66.5 Å². The number of fused-ring (bicyclic) bond motifs is 9. The molecule has 12 rings (SSSR count). The number of amides is 3. The third-order valence-corrected chi connectivity index (χ3v) is 20.0. The topological polar surface area (TPSA) is 208 Å². The number of carboxylic acid groups (broad SMARTS) is 1. The zero-order valence-electron chi connectivity index (χ0n) is 56.5. The maximum Gasteiger partial charge on any atom is 0.408 e. The molecule has 3 aromatic heterocycles. The number of hydrogen-bond donors (Lipinski definition) is 4. The number of imidazole rings is 3. The maximum absolute atomic E-state index is 15.5. The van der Waals surface area contributed by atoms with Crippen molar-refractivity contribution in [2.24, 2.45) is 29.4 Å². The van der Waals surface area contributed by atoms with Crippen molar-refractivity contribution >= 4 is 23.9 Å². The third kappa shape index (κ3) is 16.5. The van der Waals surface area contributed by atoms with E-state index in [9.17, 15) is 36.7 Å². The van der Waals surface area contributed by atoms with Gasteiger partial charge in [0.15, 0.2) is 0 Å². The van der Waals surface area contributed by atoms with Crippen molar-refractivity contribution in [3.8, 4) is 33.8 Å². The first-order chi connectivity index (χ1) is 44.9. The molecule has 0 radical (unpaired) electrons. The third-order valence-electron chi connectivity index (χ3n) is 20.0. The highest BCUT2D eigenvalue weighted by atomic mass is 19.2. The van der Waals surface area contributed by atoms with Gasteiger partial charge in [-0.15, -0.1) is 0 Å². The molecule has 9 heterocycles. The standard InChI is InChI=1S/C23H29F2N3O.C22H28F2N4O.C17H19F2N3.C10H19NO4/c1-15(2)16(3)22(29)27-11-9-23(25,10-12-27)8-7-19-21-17(5-4-6-18(21)24)20-13-26-14-28(19)20;1-14(2)20(25)21(29)27-10-8-22(24,9-11-27)7-6-17-19-15(4-3-5-16(19)23)18-12-26-13-28(17)18;18-13-3-1-2-12-15-10-21-11-22(15)14(16(12)13)4-5-17(19)6-8-20-9-7-17;1-6(2)7(8(12)13)11-9(14)15-10(3,4)5/h4-6,13-16,19H,7-12H2,1-3H3;3-5,12-14,17,20H,6-11,25H2,1-2H3;1-3,10-11,14,20H,4-9H2;6-7H,1-5H3,(H,11,14)(H,12,13)/t16-,19?;17?,20-;;7-/m00.0/s1. The van der Waals surface area contributed by atoms with E-state index >= 15 is 8.78 Å². The minimum atomic E-state index is -1.35. The van der Waals surface area contributed by atoms with Crippen LogP contribution in [0.1, 0.15) is 181 Å². The normalized spacial score (nSPS) is 20.2. The molecule has 3 unspecified atom stereocenters. The number of alkyl carbamates (subject to hydrolysis) is 1. The van der Waals surface area contributed by atoms with Gasteiger partial charge in [0.25, 0.3) is 0 Å². The number of aliphatic carboxylic acids is 1. The second-order valence-corrected chi connectivity index (χ2v) is 28.7. The molecular formula is C72H95F6N11O6. The summed E-state index contributed by atoms with van der Waals surface area (Å²) >= 11 is 0. The van der Waals surface area contributed by atoms with Gasteiger partial charge >= 0.3 is 12.1 Å². The Morgan fingerprint density at radius 1 is 0.579 bits per heavy atom. The first-order valence-electron chi connectivity index (χ1n) is 33.7. The average molecular weight is 1320 g/mol. The Bertz CT molecular complexity index is 3480. The Kier molecular flexibility index (Phi) is 22.5. The van der Waals surface area contributed by atoms with Crippen LogP contribution in [0.5, 0.6) is 0 Å². The smallest absolute Gasteiger partial charge is 0.408 e. The van der Waals surface area contributed by atoms with E-state index < -0.39 is 46.8 Å². The number of aromatic nitrogens is 6. The van der Waals surface area contributed by atoms with Gasteiger partial charge in [-0.05, 0) is 147 Å². The molecule has 17 nitrogen and oxygen atoms in total. The summed E-state index contributed by atoms with van der Waals surface area (Å²) in [6, 6.07) is 13.2. The summed E-state index contributed by atoms with van der Waals surface area (Å²) in [5, 5.41) is 14.3. The van der Waals surface area contributed by atoms with Crippen molar-refractivity contribution in [2.75, 3.05) is 39.3 Å². The number of likely N-dealkylation sites (tertiary alicyclic amines) is 2. The number of carboxylic acids is 1. The first kappa shape index (κ1) is 71.8. The summed E-state index contributed by atoms with van der Waals surface area (Å²) in [7, 11) is 0. The van der Waals surface area contributed by atoms with Crippen molar-refractivity contribution in [2.45, 2.75) is 199 Å². The molecule has 23 heteroatoms. The van der Waals surface area contributed by atoms with Gasteiger partial charge in [0.2, 0.25) is 11.8 Å². The molecule has 516 valence electrons. The summed E-state index contributed by atoms with van der Waals surface area (Å²) in [5.74, 6) is -1.63. The highest BCUT2D eigenvalue weighted by Gasteiger charge is 2.43. The van der Waals surface area contributed by atoms with Crippen LogP contribution in [-0.2, 0) is 19.1 Å². The van der Waals surface area contributed by atoms with E-state index in [0.29, 0.717) is 107 Å². The molecule has 0 saturated carbocycles. The molecule has 6 aliphatic heterocycles. The zero-order valence-corrected chi connectivity index (χ0v) is 56.5. The predicted octanol–water partition coefficient (Wildman–Crippen LogP) is 13.8. The highest BCUT2D eigenvalue weighted by Crippen LogP contribution is 2.48. The lowest BCUT2D eigenvalue weighted by molar-refractivity contribution is -0.141. The van der Waals surface area contributed by atoms with Crippen LogP contribution in [0.25, 0.3) is 33.8 Å². The van der Waals surface area contributed by atoms with Gasteiger partial charge < -0.3 is 49.7 Å². The van der Waals surface area contributed by atoms with Gasteiger partial charge in [-0.2, -0.15) is 0 Å². The summed E-state index contributed by atoms with van der Waals surface area (Å²) < 4.78 is 100. The number of nitrogens with zero attached hydrogens (tertiary/aromatic N) is 8. The minimum Gasteiger partial charge on any atom is -0.480 e. The zero-order chi connectivity index (χ0) is 68.9. The molecule has 6 aromatic rings. The van der Waals surface area contributed by atoms with Crippen LogP contribution in [0.4, 0.5) is 31.1 Å². The van der Waals surface area contributed by atoms with Crippen LogP contribution in [0, 0.1) is 41.1 Å². The molecule has 3 amide bonds. The largest absolute Gasteiger partial charge is 0.480 e. The minimum absolute atomic E-state index is 0.0419. The van der Waals surface area contributed by atoms with Gasteiger partial charge in [-0.3, -0.25) is 9.59 Å². The van der Waals surface area contributed by atoms with E-state index in [2.05, 4.69) is 25.6 Å². The fourth-order valence-corrected chi connectivity index (χ4v) is 13.9. The molecule has 0 spiro atoms. The second-order valence-electron chi connectivity index (χ2n) is 28.7. The molecule has 95 heavy (non-hydrogen) atoms. The number of piperidine rings is 3. The lowest BCUT2D eigenvalue weighted by Gasteiger charge is -2.38. The molecule has 3 aromatic carbocycles. The van der Waals surface area contributed by atoms with Gasteiger partial charge in [-0.25, -0.2) is 50.9 Å². The van der Waals surface area contributed by atoms with E-state index in [4.69, 9.17) is 15.6 Å². The first-order valence-corrected chi connectivity index (χ1v) is 33.7. The van der Waals surface area contributed by atoms with Crippen LogP contribution in [-0.4, -0.2) is 141 Å². The van der Waals surface area contributed by atoms with Crippen LogP contribution < -0.4 is 16.4 Å². The molecule has 3 saturated heterocycles. The summed E-state index contributed by atoms with van der Waals surface area (Å²) in [6.07, 6.45) is 14.8. The maximum atomic E-state index is 15.5. The second kappa shape index (κ2) is 29.9. The number of alkyl halides is 3. The number of carbonyl (C=O) groups is 4. The molecule has 5 N–H and O–H groups in total.